The zero-order valence-corrected chi connectivity index (χ0v) is 41.7. The number of pyridine rings is 2. The second-order valence-corrected chi connectivity index (χ2v) is 20.4. The SMILES string of the molecule is CC(C)(C)NS(=O)(=O)c1cncc(-c2nc(NCCOc3cnccn3)c3c(-c4ccccc4)ccn3n2)c1.NS(=O)(=O)c1cncc(-c2nc(NCCOc3cnccn3)c3c(-c4ccccc4)ccn3n2)c1. The van der Waals surface area contributed by atoms with Gasteiger partial charge in [0.1, 0.15) is 34.0 Å². The molecule has 22 nitrogen and oxygen atoms in total. The number of hydrogen-bond acceptors (Lipinski definition) is 18. The molecule has 74 heavy (non-hydrogen) atoms. The smallest absolute Gasteiger partial charge is 0.242 e. The standard InChI is InChI=1S/C27H28N8O3S.C23H20N8O3S/c1-27(2,3)34-39(36,37)21-15-20(16-29-17-21)25-32-26(31-12-14-38-23-18-28-10-11-30-23)24-22(9-13-35(24)33-25)19-7-5-4-6-8-19;24-35(32,33)18-12-17(13-26-14-18)22-29-23(28-9-11-34-20-15-25-7-8-27-20)21-19(6-10-31(21)30-22)16-4-2-1-3-5-16/h4-11,13,15-18,34H,12,14H2,1-3H3,(H,31,32,33);1-8,10,12-15H,9,11H2,(H2,24,32,33)(H,28,29,30). The molecule has 0 atom stereocenters. The number of fused-ring (bicyclic) bond motifs is 2. The highest BCUT2D eigenvalue weighted by atomic mass is 32.2. The van der Waals surface area contributed by atoms with Crippen molar-refractivity contribution < 1.29 is 26.3 Å². The first-order valence-corrected chi connectivity index (χ1v) is 25.8. The van der Waals surface area contributed by atoms with E-state index in [-0.39, 0.29) is 15.6 Å². The first kappa shape index (κ1) is 50.1. The van der Waals surface area contributed by atoms with Crippen molar-refractivity contribution >= 4 is 42.7 Å². The topological polar surface area (TPSA) is 287 Å². The monoisotopic (exact) mass is 1030 g/mol. The van der Waals surface area contributed by atoms with E-state index in [1.807, 2.05) is 85.2 Å². The highest BCUT2D eigenvalue weighted by molar-refractivity contribution is 7.89. The molecule has 376 valence electrons. The summed E-state index contributed by atoms with van der Waals surface area (Å²) in [6, 6.07) is 26.6. The van der Waals surface area contributed by atoms with Gasteiger partial charge in [-0.25, -0.2) is 55.7 Å². The lowest BCUT2D eigenvalue weighted by Gasteiger charge is -2.20. The van der Waals surface area contributed by atoms with Gasteiger partial charge in [-0.05, 0) is 56.2 Å². The molecule has 0 unspecified atom stereocenters. The summed E-state index contributed by atoms with van der Waals surface area (Å²) >= 11 is 0. The summed E-state index contributed by atoms with van der Waals surface area (Å²) in [7, 11) is -7.72. The maximum Gasteiger partial charge on any atom is 0.242 e. The summed E-state index contributed by atoms with van der Waals surface area (Å²) in [5.41, 5.74) is 5.66. The number of rotatable bonds is 17. The molecule has 2 aromatic carbocycles. The lowest BCUT2D eigenvalue weighted by Crippen LogP contribution is -2.40. The number of sulfonamides is 2. The van der Waals surface area contributed by atoms with E-state index in [4.69, 9.17) is 24.6 Å². The highest BCUT2D eigenvalue weighted by Gasteiger charge is 2.24. The van der Waals surface area contributed by atoms with Crippen LogP contribution in [-0.4, -0.2) is 108 Å². The molecule has 0 radical (unpaired) electrons. The van der Waals surface area contributed by atoms with E-state index in [0.29, 0.717) is 66.7 Å². The predicted octanol–water partition coefficient (Wildman–Crippen LogP) is 6.20. The number of nitrogens with one attached hydrogen (secondary N) is 3. The maximum absolute atomic E-state index is 12.9. The van der Waals surface area contributed by atoms with Gasteiger partial charge in [0.2, 0.25) is 31.8 Å². The number of nitrogens with zero attached hydrogens (tertiary/aromatic N) is 12. The minimum absolute atomic E-state index is 0.0305. The maximum atomic E-state index is 12.9. The Balaban J connectivity index is 0.000000183. The van der Waals surface area contributed by atoms with Crippen molar-refractivity contribution in [3.05, 3.63) is 159 Å². The minimum Gasteiger partial charge on any atom is -0.475 e. The lowest BCUT2D eigenvalue weighted by molar-refractivity contribution is 0.318. The third-order valence-electron chi connectivity index (χ3n) is 10.6. The van der Waals surface area contributed by atoms with Crippen LogP contribution < -0.4 is 30.0 Å². The summed E-state index contributed by atoms with van der Waals surface area (Å²) in [6.45, 7) is 6.80. The van der Waals surface area contributed by atoms with E-state index in [9.17, 15) is 16.8 Å². The Kier molecular flexibility index (Phi) is 14.8. The van der Waals surface area contributed by atoms with Gasteiger partial charge in [0.05, 0.1) is 25.5 Å². The Hall–Kier alpha value is -8.84. The summed E-state index contributed by atoms with van der Waals surface area (Å²) in [5, 5.41) is 21.2. The van der Waals surface area contributed by atoms with Gasteiger partial charge in [-0.2, -0.15) is 0 Å². The van der Waals surface area contributed by atoms with Crippen LogP contribution in [0.25, 0.3) is 56.1 Å². The molecule has 0 saturated carbocycles. The molecule has 0 aliphatic rings. The number of ether oxygens (including phenoxy) is 2. The third kappa shape index (κ3) is 12.2. The van der Waals surface area contributed by atoms with Crippen molar-refractivity contribution in [3.63, 3.8) is 0 Å². The number of anilines is 2. The molecule has 24 heteroatoms. The molecular formula is C50H48N16O6S2. The largest absolute Gasteiger partial charge is 0.475 e. The number of hydrogen-bond donors (Lipinski definition) is 4. The molecule has 10 rings (SSSR count). The zero-order valence-electron chi connectivity index (χ0n) is 40.0. The number of benzene rings is 2. The second-order valence-electron chi connectivity index (χ2n) is 17.2. The molecule has 0 spiro atoms. The van der Waals surface area contributed by atoms with Crippen molar-refractivity contribution in [2.24, 2.45) is 5.14 Å². The van der Waals surface area contributed by atoms with Gasteiger partial charge in [0.25, 0.3) is 0 Å². The van der Waals surface area contributed by atoms with Gasteiger partial charge in [0.15, 0.2) is 23.3 Å². The molecular weight excluding hydrogens is 985 g/mol. The van der Waals surface area contributed by atoms with Crippen molar-refractivity contribution in [1.29, 1.82) is 0 Å². The van der Waals surface area contributed by atoms with Gasteiger partial charge in [-0.3, -0.25) is 19.9 Å². The fourth-order valence-electron chi connectivity index (χ4n) is 7.46. The fraction of sp³-hybridized carbons (Fsp3) is 0.160. The van der Waals surface area contributed by atoms with Gasteiger partial charge in [0, 0.05) is 89.8 Å². The van der Waals surface area contributed by atoms with E-state index in [1.165, 1.54) is 36.9 Å². The van der Waals surface area contributed by atoms with Crippen LogP contribution in [0.4, 0.5) is 11.6 Å². The normalized spacial score (nSPS) is 11.7. The number of primary sulfonamides is 1. The van der Waals surface area contributed by atoms with E-state index in [0.717, 1.165) is 33.3 Å². The van der Waals surface area contributed by atoms with Crippen molar-refractivity contribution in [3.8, 4) is 56.8 Å². The molecule has 0 aliphatic carbocycles. The molecule has 0 fully saturated rings. The van der Waals surface area contributed by atoms with Gasteiger partial charge < -0.3 is 20.1 Å². The van der Waals surface area contributed by atoms with Crippen LogP contribution in [0, 0.1) is 0 Å². The summed E-state index contributed by atoms with van der Waals surface area (Å²) < 4.78 is 66.8. The van der Waals surface area contributed by atoms with E-state index in [2.05, 4.69) is 55.5 Å². The van der Waals surface area contributed by atoms with Crippen LogP contribution in [0.2, 0.25) is 0 Å². The minimum atomic E-state index is -3.93. The molecule has 10 aromatic rings. The highest BCUT2D eigenvalue weighted by Crippen LogP contribution is 2.33. The first-order chi connectivity index (χ1) is 35.7. The molecule has 0 bridgehead atoms. The molecule has 0 aliphatic heterocycles. The molecule has 5 N–H and O–H groups in total. The van der Waals surface area contributed by atoms with Crippen LogP contribution in [0.1, 0.15) is 20.8 Å². The van der Waals surface area contributed by atoms with Gasteiger partial charge in [-0.15, -0.1) is 10.2 Å². The molecule has 8 heterocycles. The van der Waals surface area contributed by atoms with Crippen LogP contribution >= 0.6 is 0 Å². The Morgan fingerprint density at radius 2 is 1.01 bits per heavy atom. The zero-order chi connectivity index (χ0) is 51.7. The van der Waals surface area contributed by atoms with Crippen LogP contribution in [0.5, 0.6) is 11.8 Å². The van der Waals surface area contributed by atoms with Crippen molar-refractivity contribution in [2.45, 2.75) is 36.1 Å². The Morgan fingerprint density at radius 1 is 0.554 bits per heavy atom. The number of nitrogens with two attached hydrogens (primary N) is 1. The average molecular weight is 1030 g/mol. The fourth-order valence-corrected chi connectivity index (χ4v) is 9.36. The van der Waals surface area contributed by atoms with E-state index >= 15 is 0 Å². The molecule has 0 amide bonds. The Morgan fingerprint density at radius 3 is 1.45 bits per heavy atom. The Labute approximate surface area is 425 Å². The van der Waals surface area contributed by atoms with Gasteiger partial charge >= 0.3 is 0 Å². The van der Waals surface area contributed by atoms with Crippen LogP contribution in [-0.2, 0) is 20.0 Å². The lowest BCUT2D eigenvalue weighted by atomic mass is 10.1. The number of aromatic nitrogens is 12. The van der Waals surface area contributed by atoms with Crippen molar-refractivity contribution in [1.82, 2.24) is 63.8 Å². The average Bonchev–Trinajstić information content (AvgIpc) is 4.05. The van der Waals surface area contributed by atoms with Crippen LogP contribution in [0.3, 0.4) is 0 Å². The predicted molar refractivity (Wildman–Crippen MR) is 277 cm³/mol. The summed E-state index contributed by atoms with van der Waals surface area (Å²) in [6.07, 6.45) is 18.5. The molecule has 8 aromatic heterocycles. The summed E-state index contributed by atoms with van der Waals surface area (Å²) in [5.74, 6) is 2.54. The third-order valence-corrected chi connectivity index (χ3v) is 13.2. The van der Waals surface area contributed by atoms with Gasteiger partial charge in [-0.1, -0.05) is 60.7 Å². The first-order valence-electron chi connectivity index (χ1n) is 22.8. The van der Waals surface area contributed by atoms with E-state index < -0.39 is 25.6 Å². The quantitative estimate of drug-likeness (QED) is 0.0738. The van der Waals surface area contributed by atoms with E-state index in [1.54, 1.807) is 67.0 Å². The van der Waals surface area contributed by atoms with Crippen molar-refractivity contribution in [2.75, 3.05) is 36.9 Å². The summed E-state index contributed by atoms with van der Waals surface area (Å²) in [4.78, 5) is 33.8. The van der Waals surface area contributed by atoms with Crippen LogP contribution in [0.15, 0.2) is 169 Å². The Bertz CT molecular complexity index is 3760. The second kappa shape index (κ2) is 21.9. The molecule has 0 saturated heterocycles.